The van der Waals surface area contributed by atoms with Gasteiger partial charge in [-0.2, -0.15) is 0 Å². The highest BCUT2D eigenvalue weighted by molar-refractivity contribution is 6.27. The summed E-state index contributed by atoms with van der Waals surface area (Å²) in [7, 11) is 0. The number of esters is 2. The van der Waals surface area contributed by atoms with Crippen molar-refractivity contribution in [3.63, 3.8) is 0 Å². The summed E-state index contributed by atoms with van der Waals surface area (Å²) in [5, 5.41) is 10.4. The van der Waals surface area contributed by atoms with Gasteiger partial charge in [-0.05, 0) is 48.5 Å². The lowest BCUT2D eigenvalue weighted by molar-refractivity contribution is -0.0566. The SMILES string of the molecule is O=C(OC1C(CO)OC(n2cnc3c(N(C(=O)c4ccccc4)C(=O)c4ccccc4)ncnc32)C1OC(=O)c1ccccc1)c1ccccc1. The second-order valence-electron chi connectivity index (χ2n) is 11.4. The molecule has 1 aliphatic rings. The van der Waals surface area contributed by atoms with Crippen molar-refractivity contribution in [3.05, 3.63) is 156 Å². The number of nitrogens with zero attached hydrogens (tertiary/aromatic N) is 5. The first-order valence-electron chi connectivity index (χ1n) is 15.9. The third kappa shape index (κ3) is 6.58. The number of amides is 2. The first kappa shape index (κ1) is 33.0. The molecule has 4 atom stereocenters. The van der Waals surface area contributed by atoms with Gasteiger partial charge in [0.1, 0.15) is 12.4 Å². The van der Waals surface area contributed by atoms with Crippen LogP contribution in [0.2, 0.25) is 0 Å². The number of aromatic nitrogens is 4. The van der Waals surface area contributed by atoms with Crippen LogP contribution in [-0.2, 0) is 14.2 Å². The van der Waals surface area contributed by atoms with Gasteiger partial charge in [0.2, 0.25) is 0 Å². The van der Waals surface area contributed by atoms with E-state index in [1.54, 1.807) is 121 Å². The average Bonchev–Trinajstić information content (AvgIpc) is 3.77. The van der Waals surface area contributed by atoms with Crippen LogP contribution in [0.4, 0.5) is 5.82 Å². The fourth-order valence-corrected chi connectivity index (χ4v) is 5.77. The van der Waals surface area contributed by atoms with Crippen LogP contribution >= 0.6 is 0 Å². The van der Waals surface area contributed by atoms with E-state index < -0.39 is 54.9 Å². The van der Waals surface area contributed by atoms with Crippen LogP contribution in [0.25, 0.3) is 11.2 Å². The summed E-state index contributed by atoms with van der Waals surface area (Å²) < 4.78 is 19.4. The molecular formula is C38H29N5O8. The molecule has 4 unspecified atom stereocenters. The van der Waals surface area contributed by atoms with Crippen molar-refractivity contribution in [1.82, 2.24) is 19.5 Å². The number of anilines is 1. The van der Waals surface area contributed by atoms with Crippen molar-refractivity contribution >= 4 is 40.7 Å². The fraction of sp³-hybridized carbons (Fsp3) is 0.132. The number of benzene rings is 4. The fourth-order valence-electron chi connectivity index (χ4n) is 5.77. The minimum absolute atomic E-state index is 0.0491. The molecule has 3 heterocycles. The third-order valence-corrected chi connectivity index (χ3v) is 8.24. The Hall–Kier alpha value is -6.57. The standard InChI is InChI=1S/C38H29N5O8/c44-21-28-30(50-37(47)26-17-9-3-10-18-26)31(51-38(48)27-19-11-4-12-20-27)36(49-28)42-23-41-29-32(42)39-22-40-33(29)43(34(45)24-13-5-1-6-14-24)35(46)25-15-7-2-8-16-25/h1-20,22-23,28,30-31,36,44H,21H2. The lowest BCUT2D eigenvalue weighted by atomic mass is 10.1. The highest BCUT2D eigenvalue weighted by Gasteiger charge is 2.51. The van der Waals surface area contributed by atoms with Crippen molar-refractivity contribution < 1.29 is 38.5 Å². The van der Waals surface area contributed by atoms with Crippen LogP contribution in [0, 0.1) is 0 Å². The van der Waals surface area contributed by atoms with Gasteiger partial charge in [-0.1, -0.05) is 72.8 Å². The zero-order valence-corrected chi connectivity index (χ0v) is 26.8. The number of aliphatic hydroxyl groups excluding tert-OH is 1. The second-order valence-corrected chi connectivity index (χ2v) is 11.4. The summed E-state index contributed by atoms with van der Waals surface area (Å²) >= 11 is 0. The Morgan fingerprint density at radius 1 is 0.647 bits per heavy atom. The number of fused-ring (bicyclic) bond motifs is 1. The van der Waals surface area contributed by atoms with Crippen molar-refractivity contribution in [2.24, 2.45) is 0 Å². The minimum Gasteiger partial charge on any atom is -0.452 e. The number of imide groups is 1. The number of hydrogen-bond donors (Lipinski definition) is 1. The van der Waals surface area contributed by atoms with Gasteiger partial charge in [-0.3, -0.25) is 14.2 Å². The van der Waals surface area contributed by atoms with Crippen LogP contribution in [0.1, 0.15) is 47.7 Å². The summed E-state index contributed by atoms with van der Waals surface area (Å²) in [6.45, 7) is -0.597. The summed E-state index contributed by atoms with van der Waals surface area (Å²) in [5.74, 6) is -2.87. The van der Waals surface area contributed by atoms with Gasteiger partial charge in [0.05, 0.1) is 24.1 Å². The van der Waals surface area contributed by atoms with E-state index in [1.165, 1.54) is 10.9 Å². The Labute approximate surface area is 290 Å². The Bertz CT molecular complexity index is 2130. The zero-order valence-electron chi connectivity index (χ0n) is 26.8. The molecule has 6 aromatic rings. The van der Waals surface area contributed by atoms with Crippen LogP contribution < -0.4 is 4.90 Å². The van der Waals surface area contributed by atoms with Gasteiger partial charge in [0.25, 0.3) is 11.8 Å². The molecule has 13 heteroatoms. The van der Waals surface area contributed by atoms with E-state index in [-0.39, 0.29) is 39.2 Å². The largest absolute Gasteiger partial charge is 0.452 e. The van der Waals surface area contributed by atoms with Crippen LogP contribution in [0.3, 0.4) is 0 Å². The number of carbonyl (C=O) groups excluding carboxylic acids is 4. The number of rotatable bonds is 9. The third-order valence-electron chi connectivity index (χ3n) is 8.24. The van der Waals surface area contributed by atoms with E-state index >= 15 is 0 Å². The van der Waals surface area contributed by atoms with E-state index in [4.69, 9.17) is 14.2 Å². The molecule has 0 aliphatic carbocycles. The second kappa shape index (κ2) is 14.5. The van der Waals surface area contributed by atoms with Crippen molar-refractivity contribution in [1.29, 1.82) is 0 Å². The summed E-state index contributed by atoms with van der Waals surface area (Å²) in [6.07, 6.45) is -2.47. The molecule has 4 aromatic carbocycles. The quantitative estimate of drug-likeness (QED) is 0.167. The van der Waals surface area contributed by atoms with E-state index in [2.05, 4.69) is 15.0 Å². The van der Waals surface area contributed by atoms with E-state index in [0.717, 1.165) is 11.2 Å². The van der Waals surface area contributed by atoms with Crippen LogP contribution in [0.15, 0.2) is 134 Å². The highest BCUT2D eigenvalue weighted by atomic mass is 16.6. The van der Waals surface area contributed by atoms with E-state index in [9.17, 15) is 24.3 Å². The Kier molecular flexibility index (Phi) is 9.37. The number of imidazole rings is 1. The van der Waals surface area contributed by atoms with Gasteiger partial charge in [-0.25, -0.2) is 29.4 Å². The molecule has 0 saturated carbocycles. The minimum atomic E-state index is -1.31. The molecule has 0 radical (unpaired) electrons. The van der Waals surface area contributed by atoms with Crippen molar-refractivity contribution in [2.45, 2.75) is 24.5 Å². The lowest BCUT2D eigenvalue weighted by Gasteiger charge is -2.25. The molecule has 254 valence electrons. The summed E-state index contributed by atoms with van der Waals surface area (Å²) in [6, 6.07) is 32.9. The maximum Gasteiger partial charge on any atom is 0.338 e. The topological polar surface area (TPSA) is 163 Å². The van der Waals surface area contributed by atoms with Crippen LogP contribution in [-0.4, -0.2) is 73.3 Å². The predicted octanol–water partition coefficient (Wildman–Crippen LogP) is 4.65. The molecule has 51 heavy (non-hydrogen) atoms. The van der Waals surface area contributed by atoms with E-state index in [1.807, 2.05) is 0 Å². The number of ether oxygens (including phenoxy) is 3. The zero-order chi connectivity index (χ0) is 35.3. The van der Waals surface area contributed by atoms with Crippen LogP contribution in [0.5, 0.6) is 0 Å². The summed E-state index contributed by atoms with van der Waals surface area (Å²) in [5.41, 5.74) is 1.08. The smallest absolute Gasteiger partial charge is 0.338 e. The van der Waals surface area contributed by atoms with Crippen molar-refractivity contribution in [2.75, 3.05) is 11.5 Å². The lowest BCUT2D eigenvalue weighted by Crippen LogP contribution is -2.40. The van der Waals surface area contributed by atoms with Gasteiger partial charge in [0, 0.05) is 11.1 Å². The number of hydrogen-bond acceptors (Lipinski definition) is 11. The molecule has 1 aliphatic heterocycles. The van der Waals surface area contributed by atoms with Gasteiger partial charge < -0.3 is 19.3 Å². The number of carbonyl (C=O) groups is 4. The molecule has 2 amide bonds. The van der Waals surface area contributed by atoms with Gasteiger partial charge >= 0.3 is 11.9 Å². The molecule has 13 nitrogen and oxygen atoms in total. The summed E-state index contributed by atoms with van der Waals surface area (Å²) in [4.78, 5) is 68.8. The number of aliphatic hydroxyl groups is 1. The Morgan fingerprint density at radius 2 is 1.12 bits per heavy atom. The van der Waals surface area contributed by atoms with Gasteiger partial charge in [-0.15, -0.1) is 0 Å². The molecule has 1 N–H and O–H groups in total. The predicted molar refractivity (Wildman–Crippen MR) is 182 cm³/mol. The average molecular weight is 684 g/mol. The van der Waals surface area contributed by atoms with E-state index in [0.29, 0.717) is 0 Å². The highest BCUT2D eigenvalue weighted by Crippen LogP contribution is 2.37. The Morgan fingerprint density at radius 3 is 1.61 bits per heavy atom. The maximum atomic E-state index is 14.0. The molecule has 7 rings (SSSR count). The molecule has 1 saturated heterocycles. The normalized spacial score (nSPS) is 18.2. The van der Waals surface area contributed by atoms with Gasteiger partial charge in [0.15, 0.2) is 35.4 Å². The first-order valence-corrected chi connectivity index (χ1v) is 15.9. The Balaban J connectivity index is 1.31. The van der Waals surface area contributed by atoms with Crippen molar-refractivity contribution in [3.8, 4) is 0 Å². The molecule has 0 spiro atoms. The molecular weight excluding hydrogens is 654 g/mol. The monoisotopic (exact) mass is 683 g/mol. The maximum absolute atomic E-state index is 14.0. The molecule has 2 aromatic heterocycles. The first-order chi connectivity index (χ1) is 24.9. The molecule has 1 fully saturated rings. The molecule has 0 bridgehead atoms.